The van der Waals surface area contributed by atoms with Crippen LogP contribution in [-0.2, 0) is 9.59 Å². The van der Waals surface area contributed by atoms with Gasteiger partial charge in [-0.1, -0.05) is 53.8 Å². The quantitative estimate of drug-likeness (QED) is 0.241. The van der Waals surface area contributed by atoms with Crippen molar-refractivity contribution in [1.29, 1.82) is 0 Å². The minimum Gasteiger partial charge on any atom is -0.481 e. The van der Waals surface area contributed by atoms with Gasteiger partial charge in [0, 0.05) is 19.0 Å². The average molecular weight is 479 g/mol. The number of amides is 1. The van der Waals surface area contributed by atoms with Gasteiger partial charge in [0.15, 0.2) is 0 Å². The Bertz CT molecular complexity index is 1100. The summed E-state index contributed by atoms with van der Waals surface area (Å²) in [5.41, 5.74) is 0.134. The molecule has 0 radical (unpaired) electrons. The lowest BCUT2D eigenvalue weighted by atomic mass is 10.1. The molecule has 0 bridgehead atoms. The average Bonchev–Trinajstić information content (AvgIpc) is 2.97. The largest absolute Gasteiger partial charge is 0.481 e. The molecule has 0 aliphatic carbocycles. The van der Waals surface area contributed by atoms with Crippen molar-refractivity contribution >= 4 is 63.5 Å². The van der Waals surface area contributed by atoms with Crippen molar-refractivity contribution in [1.82, 2.24) is 4.90 Å². The molecule has 0 spiro atoms. The number of para-hydroxylation sites is 1. The van der Waals surface area contributed by atoms with Gasteiger partial charge in [0.05, 0.1) is 14.9 Å². The van der Waals surface area contributed by atoms with E-state index in [1.54, 1.807) is 30.3 Å². The lowest BCUT2D eigenvalue weighted by Gasteiger charge is -2.13. The Morgan fingerprint density at radius 1 is 1.29 bits per heavy atom. The van der Waals surface area contributed by atoms with Crippen LogP contribution < -0.4 is 4.74 Å². The van der Waals surface area contributed by atoms with E-state index in [-0.39, 0.29) is 42.5 Å². The summed E-state index contributed by atoms with van der Waals surface area (Å²) in [4.78, 5) is 35.9. The van der Waals surface area contributed by atoms with Crippen molar-refractivity contribution < 1.29 is 24.4 Å². The molecule has 1 fully saturated rings. The number of benzene rings is 2. The summed E-state index contributed by atoms with van der Waals surface area (Å²) in [5, 5.41) is 20.6. The monoisotopic (exact) mass is 478 g/mol. The fourth-order valence-corrected chi connectivity index (χ4v) is 4.21. The number of rotatable bonds is 8. The Kier molecular flexibility index (Phi) is 7.26. The second kappa shape index (κ2) is 9.90. The highest BCUT2D eigenvalue weighted by Gasteiger charge is 2.32. The van der Waals surface area contributed by atoms with Crippen molar-refractivity contribution in [2.75, 3.05) is 6.54 Å². The molecular weight excluding hydrogens is 464 g/mol. The predicted octanol–water partition coefficient (Wildman–Crippen LogP) is 5.11. The fraction of sp³-hybridized carbons (Fsp3) is 0.150. The minimum atomic E-state index is -0.951. The van der Waals surface area contributed by atoms with Gasteiger partial charge in [-0.3, -0.25) is 24.6 Å². The molecule has 1 aliphatic heterocycles. The normalized spacial score (nSPS) is 14.9. The third kappa shape index (κ3) is 5.60. The summed E-state index contributed by atoms with van der Waals surface area (Å²) in [6.45, 7) is 0.194. The molecule has 0 unspecified atom stereocenters. The van der Waals surface area contributed by atoms with E-state index < -0.39 is 10.9 Å². The van der Waals surface area contributed by atoms with Crippen LogP contribution in [0.15, 0.2) is 47.4 Å². The molecule has 31 heavy (non-hydrogen) atoms. The van der Waals surface area contributed by atoms with Gasteiger partial charge in [0.2, 0.25) is 5.75 Å². The number of carbonyl (C=O) groups excluding carboxylic acids is 1. The van der Waals surface area contributed by atoms with Crippen molar-refractivity contribution in [2.24, 2.45) is 0 Å². The predicted molar refractivity (Wildman–Crippen MR) is 121 cm³/mol. The maximum atomic E-state index is 12.6. The molecule has 8 nitrogen and oxygen atoms in total. The van der Waals surface area contributed by atoms with Gasteiger partial charge in [-0.05, 0) is 36.3 Å². The third-order valence-corrected chi connectivity index (χ3v) is 5.87. The molecule has 1 saturated heterocycles. The third-order valence-electron chi connectivity index (χ3n) is 4.18. The molecule has 1 heterocycles. The molecule has 0 saturated carbocycles. The van der Waals surface area contributed by atoms with Gasteiger partial charge in [-0.2, -0.15) is 0 Å². The number of aliphatic carboxylic acids is 1. The van der Waals surface area contributed by atoms with E-state index in [0.717, 1.165) is 11.8 Å². The molecule has 2 aromatic rings. The molecule has 160 valence electrons. The number of nitro groups is 1. The van der Waals surface area contributed by atoms with Gasteiger partial charge >= 0.3 is 11.7 Å². The highest BCUT2D eigenvalue weighted by atomic mass is 35.5. The minimum absolute atomic E-state index is 0.0106. The van der Waals surface area contributed by atoms with Crippen LogP contribution >= 0.6 is 35.6 Å². The zero-order valence-corrected chi connectivity index (χ0v) is 18.2. The van der Waals surface area contributed by atoms with Crippen LogP contribution in [0.3, 0.4) is 0 Å². The van der Waals surface area contributed by atoms with Gasteiger partial charge in [0.1, 0.15) is 10.1 Å². The Morgan fingerprint density at radius 2 is 2.03 bits per heavy atom. The van der Waals surface area contributed by atoms with E-state index in [0.29, 0.717) is 19.8 Å². The van der Waals surface area contributed by atoms with E-state index in [1.807, 2.05) is 0 Å². The van der Waals surface area contributed by atoms with Crippen molar-refractivity contribution in [3.63, 3.8) is 0 Å². The van der Waals surface area contributed by atoms with Crippen molar-refractivity contribution in [2.45, 2.75) is 12.8 Å². The highest BCUT2D eigenvalue weighted by molar-refractivity contribution is 8.26. The molecule has 0 atom stereocenters. The molecule has 1 amide bonds. The molecule has 2 aromatic carbocycles. The maximum Gasteiger partial charge on any atom is 0.312 e. The van der Waals surface area contributed by atoms with Crippen LogP contribution in [0.4, 0.5) is 5.69 Å². The van der Waals surface area contributed by atoms with Gasteiger partial charge < -0.3 is 9.84 Å². The number of ether oxygens (including phenoxy) is 1. The summed E-state index contributed by atoms with van der Waals surface area (Å²) < 4.78 is 5.92. The van der Waals surface area contributed by atoms with Crippen LogP contribution in [0, 0.1) is 10.1 Å². The lowest BCUT2D eigenvalue weighted by Crippen LogP contribution is -2.29. The van der Waals surface area contributed by atoms with Crippen LogP contribution in [0.2, 0.25) is 5.02 Å². The molecular formula is C20H15ClN2O6S2. The molecule has 1 N–H and O–H groups in total. The van der Waals surface area contributed by atoms with E-state index in [4.69, 9.17) is 33.7 Å². The number of hydrogen-bond acceptors (Lipinski definition) is 7. The zero-order chi connectivity index (χ0) is 22.5. The van der Waals surface area contributed by atoms with Gasteiger partial charge in [0.25, 0.3) is 5.91 Å². The topological polar surface area (TPSA) is 110 Å². The number of thioether (sulfide) groups is 1. The Labute approximate surface area is 191 Å². The Balaban J connectivity index is 1.82. The molecule has 3 rings (SSSR count). The Morgan fingerprint density at radius 3 is 2.71 bits per heavy atom. The van der Waals surface area contributed by atoms with Crippen LogP contribution in [0.25, 0.3) is 6.08 Å². The second-order valence-electron chi connectivity index (χ2n) is 6.35. The summed E-state index contributed by atoms with van der Waals surface area (Å²) >= 11 is 12.3. The van der Waals surface area contributed by atoms with Crippen LogP contribution in [-0.4, -0.2) is 37.7 Å². The fourth-order valence-electron chi connectivity index (χ4n) is 2.73. The highest BCUT2D eigenvalue weighted by Crippen LogP contribution is 2.37. The number of carboxylic acids is 1. The van der Waals surface area contributed by atoms with Crippen molar-refractivity contribution in [3.8, 4) is 11.5 Å². The molecule has 0 aromatic heterocycles. The summed E-state index contributed by atoms with van der Waals surface area (Å²) in [5.74, 6) is -1.02. The zero-order valence-electron chi connectivity index (χ0n) is 15.8. The lowest BCUT2D eigenvalue weighted by molar-refractivity contribution is -0.385. The van der Waals surface area contributed by atoms with Crippen LogP contribution in [0.1, 0.15) is 18.4 Å². The molecule has 11 heteroatoms. The van der Waals surface area contributed by atoms with E-state index in [2.05, 4.69) is 0 Å². The number of carboxylic acid groups (broad SMARTS) is 1. The number of nitro benzene ring substituents is 1. The van der Waals surface area contributed by atoms with Crippen LogP contribution in [0.5, 0.6) is 11.5 Å². The first-order chi connectivity index (χ1) is 14.8. The SMILES string of the molecule is O=C(O)CCCN1C(=O)/C(=C/c2ccc(Oc3ccccc3Cl)c([N+](=O)[O-])c2)SC1=S. The first-order valence-corrected chi connectivity index (χ1v) is 10.5. The number of halogens is 1. The summed E-state index contributed by atoms with van der Waals surface area (Å²) in [6, 6.07) is 10.9. The van der Waals surface area contributed by atoms with Crippen molar-refractivity contribution in [3.05, 3.63) is 68.1 Å². The first kappa shape index (κ1) is 22.7. The maximum absolute atomic E-state index is 12.6. The number of hydrogen-bond donors (Lipinski definition) is 1. The first-order valence-electron chi connectivity index (χ1n) is 8.94. The van der Waals surface area contributed by atoms with E-state index in [1.165, 1.54) is 23.1 Å². The smallest absolute Gasteiger partial charge is 0.312 e. The van der Waals surface area contributed by atoms with E-state index in [9.17, 15) is 19.7 Å². The van der Waals surface area contributed by atoms with E-state index >= 15 is 0 Å². The number of carbonyl (C=O) groups is 2. The standard InChI is InChI=1S/C20H15ClN2O6S2/c21-13-4-1-2-5-15(13)29-16-8-7-12(10-14(16)23(27)28)11-17-19(26)22(20(30)31-17)9-3-6-18(24)25/h1-2,4-5,7-8,10-11H,3,6,9H2,(H,24,25)/b17-11-. The Hall–Kier alpha value is -2.95. The summed E-state index contributed by atoms with van der Waals surface area (Å²) in [7, 11) is 0. The number of nitrogens with zero attached hydrogens (tertiary/aromatic N) is 2. The molecule has 1 aliphatic rings. The summed E-state index contributed by atoms with van der Waals surface area (Å²) in [6.07, 6.45) is 1.70. The number of thiocarbonyl (C=S) groups is 1. The second-order valence-corrected chi connectivity index (χ2v) is 8.43. The van der Waals surface area contributed by atoms with Gasteiger partial charge in [-0.15, -0.1) is 0 Å². The van der Waals surface area contributed by atoms with Gasteiger partial charge in [-0.25, -0.2) is 0 Å².